The molecule has 0 fully saturated rings. The number of amides is 1. The predicted octanol–water partition coefficient (Wildman–Crippen LogP) is 3.40. The van der Waals surface area contributed by atoms with Gasteiger partial charge in [0.05, 0.1) is 7.11 Å². The molecule has 5 nitrogen and oxygen atoms in total. The maximum atomic E-state index is 11.8. The summed E-state index contributed by atoms with van der Waals surface area (Å²) in [6, 6.07) is 5.07. The molecule has 3 N–H and O–H groups in total. The molecule has 1 aromatic rings. The molecule has 1 amide bonds. The first-order chi connectivity index (χ1) is 11.5. The number of unbranched alkanes of at least 4 members (excludes halogenated alkanes) is 2. The normalized spacial score (nSPS) is 10.4. The number of phenols is 1. The van der Waals surface area contributed by atoms with Crippen LogP contribution in [0.3, 0.4) is 0 Å². The van der Waals surface area contributed by atoms with Gasteiger partial charge in [0.2, 0.25) is 5.91 Å². The zero-order valence-electron chi connectivity index (χ0n) is 15.2. The van der Waals surface area contributed by atoms with Gasteiger partial charge < -0.3 is 20.3 Å². The van der Waals surface area contributed by atoms with Gasteiger partial charge in [-0.05, 0) is 42.9 Å². The smallest absolute Gasteiger partial charge is 0.220 e. The number of ether oxygens (including phenoxy) is 1. The van der Waals surface area contributed by atoms with Gasteiger partial charge >= 0.3 is 0 Å². The Balaban J connectivity index is 0.00000254. The van der Waals surface area contributed by atoms with Crippen molar-refractivity contribution >= 4 is 5.91 Å². The largest absolute Gasteiger partial charge is 0.504 e. The van der Waals surface area contributed by atoms with Crippen LogP contribution in [0.2, 0.25) is 0 Å². The third-order valence-electron chi connectivity index (χ3n) is 3.28. The van der Waals surface area contributed by atoms with Gasteiger partial charge in [0, 0.05) is 20.1 Å². The number of phenolic OH excluding ortho intramolecular Hbond substituents is 1. The van der Waals surface area contributed by atoms with E-state index in [1.165, 1.54) is 7.11 Å². The molecule has 1 aromatic carbocycles. The zero-order chi connectivity index (χ0) is 18.4. The number of benzene rings is 1. The number of hydrogen-bond acceptors (Lipinski definition) is 4. The Hall–Kier alpha value is -2.01. The molecule has 136 valence electrons. The number of carbonyl (C=O) groups excluding carboxylic acids is 1. The van der Waals surface area contributed by atoms with Crippen LogP contribution in [-0.2, 0) is 11.3 Å². The highest BCUT2D eigenvalue weighted by atomic mass is 16.5. The third-order valence-corrected chi connectivity index (χ3v) is 3.28. The van der Waals surface area contributed by atoms with E-state index in [-0.39, 0.29) is 11.7 Å². The lowest BCUT2D eigenvalue weighted by atomic mass is 10.1. The third kappa shape index (κ3) is 9.90. The molecule has 0 heterocycles. The molecular weight excluding hydrogens is 306 g/mol. The summed E-state index contributed by atoms with van der Waals surface area (Å²) in [5, 5.41) is 19.4. The van der Waals surface area contributed by atoms with Crippen molar-refractivity contribution in [3.05, 3.63) is 35.9 Å². The summed E-state index contributed by atoms with van der Waals surface area (Å²) in [5.74, 6) is 1.17. The lowest BCUT2D eigenvalue weighted by molar-refractivity contribution is -0.121. The van der Waals surface area contributed by atoms with Crippen molar-refractivity contribution in [3.63, 3.8) is 0 Å². The number of rotatable bonds is 9. The van der Waals surface area contributed by atoms with E-state index < -0.39 is 0 Å². The zero-order valence-corrected chi connectivity index (χ0v) is 15.2. The SMILES string of the molecule is CO.COc1cc(CNC(=O)CCCCC=CC(C)C)ccc1O. The molecule has 0 radical (unpaired) electrons. The second-order valence-corrected chi connectivity index (χ2v) is 5.70. The molecule has 1 rings (SSSR count). The van der Waals surface area contributed by atoms with E-state index >= 15 is 0 Å². The molecule has 0 saturated heterocycles. The van der Waals surface area contributed by atoms with Crippen molar-refractivity contribution in [1.82, 2.24) is 5.32 Å². The molecule has 0 saturated carbocycles. The van der Waals surface area contributed by atoms with Gasteiger partial charge in [0.25, 0.3) is 0 Å². The van der Waals surface area contributed by atoms with Gasteiger partial charge in [-0.1, -0.05) is 32.1 Å². The lowest BCUT2D eigenvalue weighted by Gasteiger charge is -2.08. The second kappa shape index (κ2) is 13.4. The monoisotopic (exact) mass is 337 g/mol. The molecule has 0 aliphatic heterocycles. The number of aliphatic hydroxyl groups is 1. The summed E-state index contributed by atoms with van der Waals surface area (Å²) < 4.78 is 5.04. The van der Waals surface area contributed by atoms with Crippen LogP contribution >= 0.6 is 0 Å². The Morgan fingerprint density at radius 2 is 2.00 bits per heavy atom. The maximum absolute atomic E-state index is 11.8. The standard InChI is InChI=1S/C18H27NO3.CH4O/c1-14(2)8-6-4-5-7-9-18(21)19-13-15-10-11-16(20)17(12-15)22-3;1-2/h6,8,10-12,14,20H,4-5,7,9,13H2,1-3H3,(H,19,21);2H,1H3. The van der Waals surface area contributed by atoms with E-state index in [0.29, 0.717) is 24.6 Å². The van der Waals surface area contributed by atoms with Gasteiger partial charge in [-0.3, -0.25) is 4.79 Å². The quantitative estimate of drug-likeness (QED) is 0.477. The number of allylic oxidation sites excluding steroid dienone is 2. The highest BCUT2D eigenvalue weighted by molar-refractivity contribution is 5.75. The molecule has 0 unspecified atom stereocenters. The first-order valence-corrected chi connectivity index (χ1v) is 8.27. The van der Waals surface area contributed by atoms with Gasteiger partial charge in [0.15, 0.2) is 11.5 Å². The average molecular weight is 337 g/mol. The van der Waals surface area contributed by atoms with Crippen LogP contribution in [0.15, 0.2) is 30.4 Å². The molecule has 0 aliphatic carbocycles. The summed E-state index contributed by atoms with van der Waals surface area (Å²) >= 11 is 0. The van der Waals surface area contributed by atoms with Crippen molar-refractivity contribution in [2.45, 2.75) is 46.1 Å². The summed E-state index contributed by atoms with van der Waals surface area (Å²) in [6.07, 6.45) is 7.88. The van der Waals surface area contributed by atoms with Gasteiger partial charge in [0.1, 0.15) is 0 Å². The van der Waals surface area contributed by atoms with Crippen LogP contribution in [0.1, 0.15) is 45.1 Å². The lowest BCUT2D eigenvalue weighted by Crippen LogP contribution is -2.22. The maximum Gasteiger partial charge on any atom is 0.220 e. The highest BCUT2D eigenvalue weighted by Gasteiger charge is 2.04. The molecular formula is C19H31NO4. The van der Waals surface area contributed by atoms with Crippen molar-refractivity contribution in [2.75, 3.05) is 14.2 Å². The van der Waals surface area contributed by atoms with Crippen LogP contribution in [0.25, 0.3) is 0 Å². The van der Waals surface area contributed by atoms with Crippen molar-refractivity contribution in [1.29, 1.82) is 0 Å². The van der Waals surface area contributed by atoms with E-state index in [9.17, 15) is 9.90 Å². The van der Waals surface area contributed by atoms with E-state index in [0.717, 1.165) is 31.9 Å². The number of carbonyl (C=O) groups is 1. The molecule has 5 heteroatoms. The first-order valence-electron chi connectivity index (χ1n) is 8.27. The fraction of sp³-hybridized carbons (Fsp3) is 0.526. The van der Waals surface area contributed by atoms with Crippen molar-refractivity contribution in [2.24, 2.45) is 5.92 Å². The van der Waals surface area contributed by atoms with E-state index in [1.807, 2.05) is 0 Å². The van der Waals surface area contributed by atoms with Crippen LogP contribution in [0.5, 0.6) is 11.5 Å². The van der Waals surface area contributed by atoms with Crippen molar-refractivity contribution < 1.29 is 19.7 Å². The van der Waals surface area contributed by atoms with Gasteiger partial charge in [-0.25, -0.2) is 0 Å². The fourth-order valence-electron chi connectivity index (χ4n) is 2.04. The number of hydrogen-bond donors (Lipinski definition) is 3. The van der Waals surface area contributed by atoms with E-state index in [1.54, 1.807) is 18.2 Å². The summed E-state index contributed by atoms with van der Waals surface area (Å²) in [4.78, 5) is 11.8. The van der Waals surface area contributed by atoms with Crippen molar-refractivity contribution in [3.8, 4) is 11.5 Å². The molecule has 24 heavy (non-hydrogen) atoms. The Kier molecular flexibility index (Phi) is 12.3. The van der Waals surface area contributed by atoms with Gasteiger partial charge in [-0.15, -0.1) is 0 Å². The fourth-order valence-corrected chi connectivity index (χ4v) is 2.04. The summed E-state index contributed by atoms with van der Waals surface area (Å²) in [7, 11) is 2.51. The van der Waals surface area contributed by atoms with Crippen LogP contribution < -0.4 is 10.1 Å². The van der Waals surface area contributed by atoms with Crippen LogP contribution in [-0.4, -0.2) is 30.3 Å². The van der Waals surface area contributed by atoms with E-state index in [2.05, 4.69) is 31.3 Å². The Bertz CT molecular complexity index is 498. The van der Waals surface area contributed by atoms with E-state index in [4.69, 9.17) is 9.84 Å². The minimum Gasteiger partial charge on any atom is -0.504 e. The minimum atomic E-state index is 0.0554. The Morgan fingerprint density at radius 3 is 2.62 bits per heavy atom. The number of aromatic hydroxyl groups is 1. The average Bonchev–Trinajstić information content (AvgIpc) is 2.58. The summed E-state index contributed by atoms with van der Waals surface area (Å²) in [6.45, 7) is 4.76. The molecule has 0 spiro atoms. The van der Waals surface area contributed by atoms with Gasteiger partial charge in [-0.2, -0.15) is 0 Å². The molecule has 0 bridgehead atoms. The highest BCUT2D eigenvalue weighted by Crippen LogP contribution is 2.26. The second-order valence-electron chi connectivity index (χ2n) is 5.70. The molecule has 0 atom stereocenters. The minimum absolute atomic E-state index is 0.0554. The summed E-state index contributed by atoms with van der Waals surface area (Å²) in [5.41, 5.74) is 0.905. The number of methoxy groups -OCH3 is 1. The number of nitrogens with one attached hydrogen (secondary N) is 1. The topological polar surface area (TPSA) is 78.8 Å². The first kappa shape index (κ1) is 22.0. The number of aliphatic hydroxyl groups excluding tert-OH is 1. The Labute approximate surface area is 145 Å². The predicted molar refractivity (Wildman–Crippen MR) is 97.1 cm³/mol. The molecule has 0 aliphatic rings. The Morgan fingerprint density at radius 1 is 1.29 bits per heavy atom. The van der Waals surface area contributed by atoms with Crippen LogP contribution in [0, 0.1) is 5.92 Å². The van der Waals surface area contributed by atoms with Crippen LogP contribution in [0.4, 0.5) is 0 Å². The molecule has 0 aromatic heterocycles.